The standard InChI is InChI=1S/C8H16N2O2/c1-6-5-8(3,4)10(12)7(2)9(6)11/h7,12H,5H2,1-4H3. The van der Waals surface area contributed by atoms with E-state index in [1.54, 1.807) is 13.8 Å². The van der Waals surface area contributed by atoms with Crippen LogP contribution >= 0.6 is 0 Å². The van der Waals surface area contributed by atoms with E-state index in [1.165, 1.54) is 0 Å². The first-order valence-corrected chi connectivity index (χ1v) is 4.13. The molecule has 0 fully saturated rings. The Morgan fingerprint density at radius 1 is 1.67 bits per heavy atom. The second-order valence-corrected chi connectivity index (χ2v) is 4.03. The highest BCUT2D eigenvalue weighted by atomic mass is 16.5. The third-order valence-corrected chi connectivity index (χ3v) is 2.38. The van der Waals surface area contributed by atoms with Crippen molar-refractivity contribution in [2.24, 2.45) is 0 Å². The highest BCUT2D eigenvalue weighted by Gasteiger charge is 2.40. The Bertz CT molecular complexity index is 223. The van der Waals surface area contributed by atoms with Crippen LogP contribution in [0, 0.1) is 5.21 Å². The lowest BCUT2D eigenvalue weighted by molar-refractivity contribution is -0.569. The van der Waals surface area contributed by atoms with E-state index < -0.39 is 6.17 Å². The summed E-state index contributed by atoms with van der Waals surface area (Å²) >= 11 is 0. The fourth-order valence-electron chi connectivity index (χ4n) is 1.71. The lowest BCUT2D eigenvalue weighted by atomic mass is 9.95. The molecular weight excluding hydrogens is 156 g/mol. The molecule has 0 bridgehead atoms. The molecule has 1 atom stereocenters. The summed E-state index contributed by atoms with van der Waals surface area (Å²) in [7, 11) is 0. The predicted molar refractivity (Wildman–Crippen MR) is 46.1 cm³/mol. The largest absolute Gasteiger partial charge is 0.623 e. The second-order valence-electron chi connectivity index (χ2n) is 4.03. The average molecular weight is 172 g/mol. The van der Waals surface area contributed by atoms with Gasteiger partial charge in [0.2, 0.25) is 6.17 Å². The highest BCUT2D eigenvalue weighted by Crippen LogP contribution is 2.24. The number of rotatable bonds is 0. The smallest absolute Gasteiger partial charge is 0.237 e. The van der Waals surface area contributed by atoms with Crippen molar-refractivity contribution in [2.45, 2.75) is 45.8 Å². The monoisotopic (exact) mass is 172 g/mol. The quantitative estimate of drug-likeness (QED) is 0.441. The summed E-state index contributed by atoms with van der Waals surface area (Å²) in [4.78, 5) is 0. The highest BCUT2D eigenvalue weighted by molar-refractivity contribution is 5.78. The molecule has 1 unspecified atom stereocenters. The molecule has 0 spiro atoms. The summed E-state index contributed by atoms with van der Waals surface area (Å²) in [5.41, 5.74) is 0.447. The number of hydroxylamine groups is 3. The van der Waals surface area contributed by atoms with Crippen molar-refractivity contribution < 1.29 is 9.95 Å². The fraction of sp³-hybridized carbons (Fsp3) is 0.875. The van der Waals surface area contributed by atoms with Gasteiger partial charge in [0.1, 0.15) is 0 Å². The predicted octanol–water partition coefficient (Wildman–Crippen LogP) is 1.18. The Labute approximate surface area is 72.6 Å². The van der Waals surface area contributed by atoms with E-state index in [9.17, 15) is 10.4 Å². The van der Waals surface area contributed by atoms with Crippen molar-refractivity contribution in [1.82, 2.24) is 5.06 Å². The van der Waals surface area contributed by atoms with E-state index >= 15 is 0 Å². The summed E-state index contributed by atoms with van der Waals surface area (Å²) in [6, 6.07) is 0. The summed E-state index contributed by atoms with van der Waals surface area (Å²) in [6.45, 7) is 7.33. The fourth-order valence-corrected chi connectivity index (χ4v) is 1.71. The van der Waals surface area contributed by atoms with Crippen molar-refractivity contribution in [2.75, 3.05) is 0 Å². The van der Waals surface area contributed by atoms with Crippen LogP contribution in [0.5, 0.6) is 0 Å². The molecule has 1 aliphatic heterocycles. The van der Waals surface area contributed by atoms with Gasteiger partial charge in [-0.3, -0.25) is 0 Å². The van der Waals surface area contributed by atoms with Crippen LogP contribution in [-0.2, 0) is 0 Å². The summed E-state index contributed by atoms with van der Waals surface area (Å²) in [5, 5.41) is 22.0. The Hall–Kier alpha value is -0.610. The molecule has 1 N–H and O–H groups in total. The molecule has 0 aromatic rings. The van der Waals surface area contributed by atoms with E-state index in [-0.39, 0.29) is 5.54 Å². The van der Waals surface area contributed by atoms with E-state index in [0.29, 0.717) is 6.42 Å². The lowest BCUT2D eigenvalue weighted by Crippen LogP contribution is -2.56. The second kappa shape index (κ2) is 2.71. The van der Waals surface area contributed by atoms with Crippen LogP contribution in [0.3, 0.4) is 0 Å². The first kappa shape index (κ1) is 9.48. The maximum absolute atomic E-state index is 11.3. The van der Waals surface area contributed by atoms with Gasteiger partial charge < -0.3 is 10.4 Å². The van der Waals surface area contributed by atoms with Crippen molar-refractivity contribution in [3.8, 4) is 0 Å². The minimum atomic E-state index is -0.478. The zero-order valence-electron chi connectivity index (χ0n) is 8.03. The van der Waals surface area contributed by atoms with Gasteiger partial charge in [-0.1, -0.05) is 0 Å². The molecule has 0 aromatic carbocycles. The van der Waals surface area contributed by atoms with Gasteiger partial charge in [-0.25, -0.2) is 0 Å². The Morgan fingerprint density at radius 3 is 2.67 bits per heavy atom. The first-order chi connectivity index (χ1) is 5.36. The minimum absolute atomic E-state index is 0.329. The molecule has 0 aromatic heterocycles. The van der Waals surface area contributed by atoms with Gasteiger partial charge in [0.25, 0.3) is 0 Å². The zero-order valence-corrected chi connectivity index (χ0v) is 8.03. The molecular formula is C8H16N2O2. The summed E-state index contributed by atoms with van der Waals surface area (Å²) in [6.07, 6.45) is 0.130. The maximum Gasteiger partial charge on any atom is 0.237 e. The SMILES string of the molecule is CC1=[N+]([O-])C(C)N(O)C(C)(C)C1. The molecule has 12 heavy (non-hydrogen) atoms. The normalized spacial score (nSPS) is 30.9. The summed E-state index contributed by atoms with van der Waals surface area (Å²) < 4.78 is 0.852. The molecule has 1 heterocycles. The van der Waals surface area contributed by atoms with Crippen LogP contribution in [0.1, 0.15) is 34.1 Å². The third-order valence-electron chi connectivity index (χ3n) is 2.38. The first-order valence-electron chi connectivity index (χ1n) is 4.13. The van der Waals surface area contributed by atoms with Gasteiger partial charge in [0.05, 0.1) is 5.54 Å². The van der Waals surface area contributed by atoms with Crippen LogP contribution in [0.4, 0.5) is 0 Å². The van der Waals surface area contributed by atoms with Gasteiger partial charge in [-0.15, -0.1) is 5.06 Å². The summed E-state index contributed by atoms with van der Waals surface area (Å²) in [5.74, 6) is 0. The molecule has 4 nitrogen and oxygen atoms in total. The molecule has 4 heteroatoms. The number of nitrogens with zero attached hydrogens (tertiary/aromatic N) is 2. The molecule has 1 aliphatic rings. The van der Waals surface area contributed by atoms with Crippen LogP contribution < -0.4 is 0 Å². The van der Waals surface area contributed by atoms with Crippen LogP contribution in [0.2, 0.25) is 0 Å². The molecule has 0 saturated heterocycles. The van der Waals surface area contributed by atoms with Crippen molar-refractivity contribution in [3.63, 3.8) is 0 Å². The molecule has 70 valence electrons. The molecule has 1 rings (SSSR count). The Balaban J connectivity index is 2.99. The number of hydrogen-bond donors (Lipinski definition) is 1. The van der Waals surface area contributed by atoms with Crippen molar-refractivity contribution >= 4 is 5.71 Å². The Morgan fingerprint density at radius 2 is 2.17 bits per heavy atom. The van der Waals surface area contributed by atoms with Crippen LogP contribution in [-0.4, -0.2) is 32.4 Å². The Kier molecular flexibility index (Phi) is 2.14. The van der Waals surface area contributed by atoms with E-state index in [4.69, 9.17) is 0 Å². The zero-order chi connectivity index (χ0) is 9.52. The minimum Gasteiger partial charge on any atom is -0.623 e. The molecule has 0 aliphatic carbocycles. The van der Waals surface area contributed by atoms with Gasteiger partial charge in [-0.05, 0) is 13.8 Å². The van der Waals surface area contributed by atoms with E-state index in [0.717, 1.165) is 15.5 Å². The van der Waals surface area contributed by atoms with Gasteiger partial charge in [0, 0.05) is 20.3 Å². The molecule has 0 amide bonds. The number of hydrogen-bond acceptors (Lipinski definition) is 3. The van der Waals surface area contributed by atoms with E-state index in [1.807, 2.05) is 13.8 Å². The van der Waals surface area contributed by atoms with Crippen LogP contribution in [0.15, 0.2) is 0 Å². The van der Waals surface area contributed by atoms with Gasteiger partial charge in [-0.2, -0.15) is 4.74 Å². The lowest BCUT2D eigenvalue weighted by Gasteiger charge is -2.39. The van der Waals surface area contributed by atoms with Gasteiger partial charge in [0.15, 0.2) is 5.71 Å². The van der Waals surface area contributed by atoms with Crippen molar-refractivity contribution in [1.29, 1.82) is 0 Å². The van der Waals surface area contributed by atoms with E-state index in [2.05, 4.69) is 0 Å². The third kappa shape index (κ3) is 1.32. The van der Waals surface area contributed by atoms with Gasteiger partial charge >= 0.3 is 0 Å². The molecule has 0 radical (unpaired) electrons. The molecule has 0 saturated carbocycles. The van der Waals surface area contributed by atoms with Crippen LogP contribution in [0.25, 0.3) is 0 Å². The maximum atomic E-state index is 11.3. The average Bonchev–Trinajstić information content (AvgIpc) is 1.97. The van der Waals surface area contributed by atoms with Crippen molar-refractivity contribution in [3.05, 3.63) is 5.21 Å². The topological polar surface area (TPSA) is 49.5 Å².